The van der Waals surface area contributed by atoms with Crippen LogP contribution >= 0.6 is 0 Å². The minimum Gasteiger partial charge on any atom is -0.288 e. The van der Waals surface area contributed by atoms with Crippen LogP contribution in [0.25, 0.3) is 0 Å². The molecular weight excluding hydrogens is 251 g/mol. The van der Waals surface area contributed by atoms with E-state index in [1.165, 1.54) is 13.1 Å². The molecule has 0 aliphatic heterocycles. The lowest BCUT2D eigenvalue weighted by molar-refractivity contribution is 0.491. The second kappa shape index (κ2) is 5.69. The molecule has 2 aromatic carbocycles. The molecule has 0 aliphatic carbocycles. The van der Waals surface area contributed by atoms with E-state index >= 15 is 0 Å². The molecule has 0 saturated heterocycles. The molecule has 0 atom stereocenters. The fraction of sp³-hybridized carbons (Fsp3) is 0.133. The average Bonchev–Trinajstić information content (AvgIpc) is 2.42. The summed E-state index contributed by atoms with van der Waals surface area (Å²) in [6.45, 7) is 1.72. The molecule has 0 saturated carbocycles. The van der Waals surface area contributed by atoms with E-state index in [0.29, 0.717) is 12.6 Å². The highest BCUT2D eigenvalue weighted by atomic mass is 19.2. The van der Waals surface area contributed by atoms with Gasteiger partial charge in [0.1, 0.15) is 5.82 Å². The van der Waals surface area contributed by atoms with Crippen LogP contribution in [0.1, 0.15) is 16.7 Å². The molecule has 2 aromatic rings. The van der Waals surface area contributed by atoms with Gasteiger partial charge in [-0.2, -0.15) is 0 Å². The van der Waals surface area contributed by atoms with E-state index in [1.807, 2.05) is 30.3 Å². The van der Waals surface area contributed by atoms with E-state index in [0.717, 1.165) is 5.56 Å². The SMILES string of the molecule is Cc1c(F)cc(F)c(F)c1C=NCc1ccccc1. The van der Waals surface area contributed by atoms with Gasteiger partial charge in [0.25, 0.3) is 0 Å². The molecular formula is C15H12F3N. The third-order valence-corrected chi connectivity index (χ3v) is 2.80. The summed E-state index contributed by atoms with van der Waals surface area (Å²) in [4.78, 5) is 4.02. The lowest BCUT2D eigenvalue weighted by Gasteiger charge is -2.04. The standard InChI is InChI=1S/C15H12F3N/c1-10-12(15(18)14(17)7-13(10)16)9-19-8-11-5-3-2-4-6-11/h2-7,9H,8H2,1H3. The van der Waals surface area contributed by atoms with Crippen molar-refractivity contribution < 1.29 is 13.2 Å². The Hall–Kier alpha value is -2.10. The van der Waals surface area contributed by atoms with Crippen LogP contribution in [0.4, 0.5) is 13.2 Å². The number of aliphatic imine (C=N–C) groups is 1. The van der Waals surface area contributed by atoms with Crippen molar-refractivity contribution in [3.63, 3.8) is 0 Å². The summed E-state index contributed by atoms with van der Waals surface area (Å²) >= 11 is 0. The van der Waals surface area contributed by atoms with Gasteiger partial charge < -0.3 is 0 Å². The third kappa shape index (κ3) is 3.02. The van der Waals surface area contributed by atoms with Crippen molar-refractivity contribution in [2.24, 2.45) is 4.99 Å². The molecule has 98 valence electrons. The van der Waals surface area contributed by atoms with Crippen molar-refractivity contribution >= 4 is 6.21 Å². The summed E-state index contributed by atoms with van der Waals surface area (Å²) in [6.07, 6.45) is 1.17. The normalized spacial score (nSPS) is 11.2. The fourth-order valence-electron chi connectivity index (χ4n) is 1.68. The van der Waals surface area contributed by atoms with Crippen molar-refractivity contribution in [1.82, 2.24) is 0 Å². The molecule has 0 bridgehead atoms. The van der Waals surface area contributed by atoms with Gasteiger partial charge in [-0.3, -0.25) is 4.99 Å². The molecule has 0 heterocycles. The van der Waals surface area contributed by atoms with Crippen LogP contribution in [0, 0.1) is 24.4 Å². The fourth-order valence-corrected chi connectivity index (χ4v) is 1.68. The number of rotatable bonds is 3. The average molecular weight is 263 g/mol. The maximum atomic E-state index is 13.5. The molecule has 19 heavy (non-hydrogen) atoms. The highest BCUT2D eigenvalue weighted by Gasteiger charge is 2.13. The van der Waals surface area contributed by atoms with Crippen LogP contribution in [0.3, 0.4) is 0 Å². The summed E-state index contributed by atoms with van der Waals surface area (Å²) in [5.74, 6) is -3.06. The van der Waals surface area contributed by atoms with Crippen LogP contribution in [-0.4, -0.2) is 6.21 Å². The van der Waals surface area contributed by atoms with Crippen molar-refractivity contribution in [3.8, 4) is 0 Å². The highest BCUT2D eigenvalue weighted by molar-refractivity contribution is 5.82. The van der Waals surface area contributed by atoms with E-state index in [-0.39, 0.29) is 11.1 Å². The molecule has 1 nitrogen and oxygen atoms in total. The minimum atomic E-state index is -1.20. The van der Waals surface area contributed by atoms with Crippen molar-refractivity contribution in [1.29, 1.82) is 0 Å². The first-order chi connectivity index (χ1) is 9.09. The second-order valence-electron chi connectivity index (χ2n) is 4.15. The Bertz CT molecular complexity index is 580. The summed E-state index contributed by atoms with van der Waals surface area (Å²) in [5.41, 5.74) is 0.845. The van der Waals surface area contributed by atoms with Gasteiger partial charge >= 0.3 is 0 Å². The topological polar surface area (TPSA) is 12.4 Å². The molecule has 0 aromatic heterocycles. The Balaban J connectivity index is 2.24. The molecule has 0 aliphatic rings. The Morgan fingerprint density at radius 1 is 1.05 bits per heavy atom. The maximum Gasteiger partial charge on any atom is 0.168 e. The largest absolute Gasteiger partial charge is 0.288 e. The van der Waals surface area contributed by atoms with E-state index < -0.39 is 17.5 Å². The van der Waals surface area contributed by atoms with Gasteiger partial charge in [-0.05, 0) is 18.1 Å². The van der Waals surface area contributed by atoms with Gasteiger partial charge in [-0.25, -0.2) is 13.2 Å². The molecule has 4 heteroatoms. The molecule has 0 unspecified atom stereocenters. The Labute approximate surface area is 109 Å². The van der Waals surface area contributed by atoms with Gasteiger partial charge in [0.05, 0.1) is 6.54 Å². The van der Waals surface area contributed by atoms with E-state index in [4.69, 9.17) is 0 Å². The molecule has 0 fully saturated rings. The lowest BCUT2D eigenvalue weighted by Crippen LogP contribution is -2.00. The van der Waals surface area contributed by atoms with Crippen LogP contribution in [0.15, 0.2) is 41.4 Å². The third-order valence-electron chi connectivity index (χ3n) is 2.80. The number of benzene rings is 2. The Morgan fingerprint density at radius 2 is 1.74 bits per heavy atom. The van der Waals surface area contributed by atoms with Gasteiger partial charge in [0.2, 0.25) is 0 Å². The molecule has 0 radical (unpaired) electrons. The predicted molar refractivity (Wildman–Crippen MR) is 68.8 cm³/mol. The Kier molecular flexibility index (Phi) is 4.00. The number of halogens is 3. The minimum absolute atomic E-state index is 0.0516. The molecule has 2 rings (SSSR count). The van der Waals surface area contributed by atoms with E-state index in [2.05, 4.69) is 4.99 Å². The lowest BCUT2D eigenvalue weighted by atomic mass is 10.1. The number of nitrogens with zero attached hydrogens (tertiary/aromatic N) is 1. The number of hydrogen-bond donors (Lipinski definition) is 0. The zero-order valence-corrected chi connectivity index (χ0v) is 10.3. The summed E-state index contributed by atoms with van der Waals surface area (Å²) in [6, 6.07) is 9.87. The van der Waals surface area contributed by atoms with Crippen LogP contribution in [0.5, 0.6) is 0 Å². The summed E-state index contributed by atoms with van der Waals surface area (Å²) < 4.78 is 39.9. The molecule has 0 spiro atoms. The first-order valence-corrected chi connectivity index (χ1v) is 5.77. The molecule has 0 N–H and O–H groups in total. The zero-order valence-electron chi connectivity index (χ0n) is 10.3. The number of hydrogen-bond acceptors (Lipinski definition) is 1. The van der Waals surface area contributed by atoms with E-state index in [1.54, 1.807) is 0 Å². The first kappa shape index (κ1) is 13.3. The maximum absolute atomic E-state index is 13.5. The van der Waals surface area contributed by atoms with Gasteiger partial charge in [0, 0.05) is 17.8 Å². The second-order valence-corrected chi connectivity index (χ2v) is 4.15. The summed E-state index contributed by atoms with van der Waals surface area (Å²) in [7, 11) is 0. The van der Waals surface area contributed by atoms with Crippen molar-refractivity contribution in [2.75, 3.05) is 0 Å². The van der Waals surface area contributed by atoms with Gasteiger partial charge in [-0.15, -0.1) is 0 Å². The van der Waals surface area contributed by atoms with Gasteiger partial charge in [-0.1, -0.05) is 30.3 Å². The smallest absolute Gasteiger partial charge is 0.168 e. The molecule has 0 amide bonds. The summed E-state index contributed by atoms with van der Waals surface area (Å²) in [5, 5.41) is 0. The Morgan fingerprint density at radius 3 is 2.42 bits per heavy atom. The van der Waals surface area contributed by atoms with Crippen LogP contribution in [-0.2, 0) is 6.54 Å². The van der Waals surface area contributed by atoms with Crippen LogP contribution < -0.4 is 0 Å². The van der Waals surface area contributed by atoms with Crippen LogP contribution in [0.2, 0.25) is 0 Å². The predicted octanol–water partition coefficient (Wildman–Crippen LogP) is 4.03. The highest BCUT2D eigenvalue weighted by Crippen LogP contribution is 2.18. The van der Waals surface area contributed by atoms with E-state index in [9.17, 15) is 13.2 Å². The van der Waals surface area contributed by atoms with Crippen molar-refractivity contribution in [3.05, 3.63) is 70.5 Å². The first-order valence-electron chi connectivity index (χ1n) is 5.77. The monoisotopic (exact) mass is 263 g/mol. The zero-order chi connectivity index (χ0) is 13.8. The van der Waals surface area contributed by atoms with Crippen molar-refractivity contribution in [2.45, 2.75) is 13.5 Å². The van der Waals surface area contributed by atoms with Gasteiger partial charge in [0.15, 0.2) is 11.6 Å². The quantitative estimate of drug-likeness (QED) is 0.585.